The number of carboxylic acids is 1. The summed E-state index contributed by atoms with van der Waals surface area (Å²) in [4.78, 5) is 11.0. The largest absolute Gasteiger partial charge is 0.478 e. The molecule has 108 valence electrons. The molecule has 1 aromatic carbocycles. The molecule has 0 saturated heterocycles. The maximum absolute atomic E-state index is 12.9. The minimum Gasteiger partial charge on any atom is -0.478 e. The van der Waals surface area contributed by atoms with Gasteiger partial charge in [0.1, 0.15) is 5.75 Å². The van der Waals surface area contributed by atoms with Crippen molar-refractivity contribution in [3.63, 3.8) is 0 Å². The molecule has 2 rings (SSSR count). The summed E-state index contributed by atoms with van der Waals surface area (Å²) < 4.78 is 43.3. The predicted octanol–water partition coefficient (Wildman–Crippen LogP) is 4.09. The summed E-state index contributed by atoms with van der Waals surface area (Å²) in [5.74, 6) is -1.94. The number of rotatable bonds is 1. The van der Waals surface area contributed by atoms with E-state index >= 15 is 0 Å². The molecule has 0 amide bonds. The van der Waals surface area contributed by atoms with Gasteiger partial charge < -0.3 is 9.84 Å². The highest BCUT2D eigenvalue weighted by molar-refractivity contribution is 6.36. The third-order valence-electron chi connectivity index (χ3n) is 2.84. The van der Waals surface area contributed by atoms with E-state index in [4.69, 9.17) is 33.0 Å². The molecule has 1 aromatic rings. The number of hydrogen-bond donors (Lipinski definition) is 1. The molecule has 20 heavy (non-hydrogen) atoms. The second-order valence-electron chi connectivity index (χ2n) is 4.15. The van der Waals surface area contributed by atoms with Crippen LogP contribution in [0.25, 0.3) is 6.08 Å². The first-order valence-corrected chi connectivity index (χ1v) is 6.05. The van der Waals surface area contributed by atoms with E-state index in [1.54, 1.807) is 0 Å². The molecular weight excluding hydrogens is 320 g/mol. The Morgan fingerprint density at radius 2 is 1.95 bits per heavy atom. The number of carbonyl (C=O) groups is 1. The van der Waals surface area contributed by atoms with E-state index in [1.165, 1.54) is 13.0 Å². The quantitative estimate of drug-likeness (QED) is 0.845. The molecule has 8 heteroatoms. The van der Waals surface area contributed by atoms with Crippen molar-refractivity contribution in [2.75, 3.05) is 0 Å². The Hall–Kier alpha value is -1.40. The SMILES string of the molecule is Cc1c(Cl)cc(Cl)c2c1C=C(C(=O)O)C(C(F)(F)F)O2. The fraction of sp³-hybridized carbons (Fsp3) is 0.250. The van der Waals surface area contributed by atoms with Gasteiger partial charge in [0.2, 0.25) is 6.10 Å². The lowest BCUT2D eigenvalue weighted by Crippen LogP contribution is -2.40. The molecule has 0 radical (unpaired) electrons. The maximum atomic E-state index is 12.9. The number of hydrogen-bond acceptors (Lipinski definition) is 2. The van der Waals surface area contributed by atoms with Gasteiger partial charge in [-0.1, -0.05) is 23.2 Å². The van der Waals surface area contributed by atoms with Gasteiger partial charge in [0, 0.05) is 10.6 Å². The van der Waals surface area contributed by atoms with Crippen LogP contribution in [0.2, 0.25) is 10.0 Å². The second-order valence-corrected chi connectivity index (χ2v) is 4.97. The highest BCUT2D eigenvalue weighted by Crippen LogP contribution is 2.44. The van der Waals surface area contributed by atoms with Crippen LogP contribution in [-0.4, -0.2) is 23.4 Å². The summed E-state index contributed by atoms with van der Waals surface area (Å²) >= 11 is 11.7. The molecule has 1 atom stereocenters. The van der Waals surface area contributed by atoms with E-state index in [2.05, 4.69) is 0 Å². The Bertz CT molecular complexity index is 623. The van der Waals surface area contributed by atoms with Crippen molar-refractivity contribution in [1.82, 2.24) is 0 Å². The van der Waals surface area contributed by atoms with Gasteiger partial charge >= 0.3 is 12.1 Å². The van der Waals surface area contributed by atoms with Crippen molar-refractivity contribution < 1.29 is 27.8 Å². The smallest absolute Gasteiger partial charge is 0.430 e. The molecule has 1 heterocycles. The van der Waals surface area contributed by atoms with Crippen LogP contribution in [0.1, 0.15) is 11.1 Å². The number of alkyl halides is 3. The molecule has 0 aliphatic carbocycles. The number of halogens is 5. The van der Waals surface area contributed by atoms with E-state index in [0.717, 1.165) is 6.08 Å². The highest BCUT2D eigenvalue weighted by atomic mass is 35.5. The van der Waals surface area contributed by atoms with Crippen LogP contribution in [0.3, 0.4) is 0 Å². The Kier molecular flexibility index (Phi) is 3.64. The summed E-state index contributed by atoms with van der Waals surface area (Å²) in [5.41, 5.74) is -0.378. The maximum Gasteiger partial charge on any atom is 0.430 e. The first kappa shape index (κ1) is 15.0. The third-order valence-corrected chi connectivity index (χ3v) is 3.51. The van der Waals surface area contributed by atoms with Crippen LogP contribution in [-0.2, 0) is 4.79 Å². The minimum absolute atomic E-state index is 0.106. The van der Waals surface area contributed by atoms with Gasteiger partial charge in [0.05, 0.1) is 10.6 Å². The van der Waals surface area contributed by atoms with Crippen molar-refractivity contribution in [3.8, 4) is 5.75 Å². The van der Waals surface area contributed by atoms with E-state index in [0.29, 0.717) is 5.56 Å². The summed E-state index contributed by atoms with van der Waals surface area (Å²) in [6.45, 7) is 1.53. The normalized spacial score (nSPS) is 18.1. The first-order chi connectivity index (χ1) is 9.12. The molecule has 0 spiro atoms. The van der Waals surface area contributed by atoms with Crippen molar-refractivity contribution in [2.45, 2.75) is 19.2 Å². The number of fused-ring (bicyclic) bond motifs is 1. The van der Waals surface area contributed by atoms with E-state index in [9.17, 15) is 18.0 Å². The molecule has 1 N–H and O–H groups in total. The summed E-state index contributed by atoms with van der Waals surface area (Å²) in [6, 6.07) is 1.25. The molecule has 0 saturated carbocycles. The van der Waals surface area contributed by atoms with Gasteiger partial charge in [-0.25, -0.2) is 4.79 Å². The van der Waals surface area contributed by atoms with Crippen LogP contribution in [0.15, 0.2) is 11.6 Å². The van der Waals surface area contributed by atoms with Crippen molar-refractivity contribution >= 4 is 35.2 Å². The topological polar surface area (TPSA) is 46.5 Å². The van der Waals surface area contributed by atoms with Gasteiger partial charge in [0.25, 0.3) is 0 Å². The lowest BCUT2D eigenvalue weighted by atomic mass is 9.98. The van der Waals surface area contributed by atoms with Crippen molar-refractivity contribution in [3.05, 3.63) is 32.8 Å². The minimum atomic E-state index is -4.86. The lowest BCUT2D eigenvalue weighted by molar-refractivity contribution is -0.187. The van der Waals surface area contributed by atoms with Crippen LogP contribution in [0.4, 0.5) is 13.2 Å². The fourth-order valence-electron chi connectivity index (χ4n) is 1.84. The summed E-state index contributed by atoms with van der Waals surface area (Å²) in [5, 5.41) is 9.02. The molecule has 0 aromatic heterocycles. The average Bonchev–Trinajstić information content (AvgIpc) is 2.33. The zero-order chi connectivity index (χ0) is 15.2. The number of aliphatic carboxylic acids is 1. The Morgan fingerprint density at radius 3 is 2.45 bits per heavy atom. The number of carboxylic acid groups (broad SMARTS) is 1. The molecular formula is C12H7Cl2F3O3. The Balaban J connectivity index is 2.69. The Labute approximate surface area is 121 Å². The molecule has 0 fully saturated rings. The van der Waals surface area contributed by atoms with Crippen LogP contribution in [0.5, 0.6) is 5.75 Å². The van der Waals surface area contributed by atoms with E-state index in [-0.39, 0.29) is 21.4 Å². The number of ether oxygens (including phenoxy) is 1. The van der Waals surface area contributed by atoms with Gasteiger partial charge in [-0.05, 0) is 24.6 Å². The molecule has 1 aliphatic rings. The monoisotopic (exact) mass is 326 g/mol. The molecule has 1 aliphatic heterocycles. The summed E-state index contributed by atoms with van der Waals surface area (Å²) in [6.07, 6.45) is -6.53. The van der Waals surface area contributed by atoms with Crippen LogP contribution >= 0.6 is 23.2 Å². The lowest BCUT2D eigenvalue weighted by Gasteiger charge is -2.28. The first-order valence-electron chi connectivity index (χ1n) is 5.29. The summed E-state index contributed by atoms with van der Waals surface area (Å²) in [7, 11) is 0. The van der Waals surface area contributed by atoms with E-state index < -0.39 is 23.8 Å². The van der Waals surface area contributed by atoms with Gasteiger partial charge in [-0.15, -0.1) is 0 Å². The van der Waals surface area contributed by atoms with Gasteiger partial charge in [0.15, 0.2) is 0 Å². The number of benzene rings is 1. The molecule has 1 unspecified atom stereocenters. The zero-order valence-electron chi connectivity index (χ0n) is 9.89. The third kappa shape index (κ3) is 2.45. The standard InChI is InChI=1S/C12H7Cl2F3O3/c1-4-5-2-6(11(18)19)10(12(15,16)17)20-9(5)8(14)3-7(4)13/h2-3,10H,1H3,(H,18,19). The second kappa shape index (κ2) is 4.86. The molecule has 3 nitrogen and oxygen atoms in total. The van der Waals surface area contributed by atoms with Crippen LogP contribution < -0.4 is 4.74 Å². The van der Waals surface area contributed by atoms with Crippen molar-refractivity contribution in [2.24, 2.45) is 0 Å². The predicted molar refractivity (Wildman–Crippen MR) is 67.3 cm³/mol. The van der Waals surface area contributed by atoms with Gasteiger partial charge in [-0.2, -0.15) is 13.2 Å². The van der Waals surface area contributed by atoms with Gasteiger partial charge in [-0.3, -0.25) is 0 Å². The van der Waals surface area contributed by atoms with E-state index in [1.807, 2.05) is 0 Å². The van der Waals surface area contributed by atoms with Crippen LogP contribution in [0, 0.1) is 6.92 Å². The average molecular weight is 327 g/mol. The zero-order valence-corrected chi connectivity index (χ0v) is 11.4. The highest BCUT2D eigenvalue weighted by Gasteiger charge is 2.49. The molecule has 0 bridgehead atoms. The van der Waals surface area contributed by atoms with Crippen molar-refractivity contribution in [1.29, 1.82) is 0 Å². The Morgan fingerprint density at radius 1 is 1.35 bits per heavy atom. The fourth-order valence-corrected chi connectivity index (χ4v) is 2.36.